The molecule has 0 amide bonds. The summed E-state index contributed by atoms with van der Waals surface area (Å²) in [5.41, 5.74) is 1.44. The highest BCUT2D eigenvalue weighted by Gasteiger charge is 2.32. The minimum atomic E-state index is -1.20. The summed E-state index contributed by atoms with van der Waals surface area (Å²) in [5.74, 6) is -1.75. The monoisotopic (exact) mass is 296 g/mol. The average Bonchev–Trinajstić information content (AvgIpc) is 2.71. The first-order valence-electron chi connectivity index (χ1n) is 6.22. The zero-order chi connectivity index (χ0) is 14.8. The normalized spacial score (nSPS) is 20.6. The van der Waals surface area contributed by atoms with Crippen molar-refractivity contribution >= 4 is 22.1 Å². The van der Waals surface area contributed by atoms with Gasteiger partial charge in [0.1, 0.15) is 11.3 Å². The van der Waals surface area contributed by atoms with Crippen LogP contribution >= 0.6 is 0 Å². The molecule has 1 N–H and O–H groups in total. The summed E-state index contributed by atoms with van der Waals surface area (Å²) in [6.07, 6.45) is 0.684. The lowest BCUT2D eigenvalue weighted by Gasteiger charge is -2.17. The zero-order valence-electron chi connectivity index (χ0n) is 11.3. The summed E-state index contributed by atoms with van der Waals surface area (Å²) in [5, 5.41) is 8.89. The van der Waals surface area contributed by atoms with Gasteiger partial charge in [0.05, 0.1) is 12.7 Å². The van der Waals surface area contributed by atoms with E-state index in [2.05, 4.69) is 0 Å². The predicted octanol–water partition coefficient (Wildman–Crippen LogP) is 1.20. The lowest BCUT2D eigenvalue weighted by molar-refractivity contribution is -0.138. The van der Waals surface area contributed by atoms with E-state index in [1.165, 1.54) is 0 Å². The Hall–Kier alpha value is -1.50. The molecule has 1 saturated heterocycles. The molecule has 0 aromatic heterocycles. The van der Waals surface area contributed by atoms with Crippen LogP contribution in [0.15, 0.2) is 24.3 Å². The number of aliphatic carboxylic acids is 1. The molecule has 1 fully saturated rings. The Bertz CT molecular complexity index is 557. The largest absolute Gasteiger partial charge is 0.477 e. The van der Waals surface area contributed by atoms with Crippen LogP contribution in [0.2, 0.25) is 0 Å². The SMILES string of the molecule is CC1(C)OC[C@@H](Cc2ccc(C(=S=O)C(=O)O)cc2)O1. The maximum atomic E-state index is 10.9. The van der Waals surface area contributed by atoms with E-state index in [1.807, 2.05) is 26.0 Å². The maximum Gasteiger partial charge on any atom is 0.349 e. The molecule has 1 aromatic carbocycles. The second-order valence-electron chi connectivity index (χ2n) is 5.07. The standard InChI is InChI=1S/C14H16O5S/c1-14(2)18-8-11(19-14)7-9-3-5-10(6-4-9)12(20-17)13(15)16/h3-6,11H,7-8H2,1-2H3,(H,15,16)/t11-/m1/s1. The van der Waals surface area contributed by atoms with E-state index < -0.39 is 11.8 Å². The van der Waals surface area contributed by atoms with Crippen molar-refractivity contribution in [3.05, 3.63) is 35.4 Å². The Morgan fingerprint density at radius 1 is 1.40 bits per heavy atom. The van der Waals surface area contributed by atoms with Crippen molar-refractivity contribution in [2.75, 3.05) is 6.61 Å². The molecular formula is C14H16O5S. The van der Waals surface area contributed by atoms with E-state index in [1.54, 1.807) is 12.1 Å². The van der Waals surface area contributed by atoms with E-state index in [0.717, 1.165) is 5.56 Å². The lowest BCUT2D eigenvalue weighted by atomic mass is 10.0. The van der Waals surface area contributed by atoms with Gasteiger partial charge in [0.15, 0.2) is 10.7 Å². The fourth-order valence-electron chi connectivity index (χ4n) is 2.13. The van der Waals surface area contributed by atoms with Crippen molar-refractivity contribution in [1.29, 1.82) is 0 Å². The van der Waals surface area contributed by atoms with Gasteiger partial charge in [-0.25, -0.2) is 9.00 Å². The molecule has 0 saturated carbocycles. The van der Waals surface area contributed by atoms with Crippen molar-refractivity contribution in [3.63, 3.8) is 0 Å². The molecule has 2 rings (SSSR count). The van der Waals surface area contributed by atoms with Gasteiger partial charge in [-0.05, 0) is 19.4 Å². The lowest BCUT2D eigenvalue weighted by Crippen LogP contribution is -2.22. The smallest absolute Gasteiger partial charge is 0.349 e. The second-order valence-corrected chi connectivity index (χ2v) is 5.64. The first kappa shape index (κ1) is 14.9. The van der Waals surface area contributed by atoms with Crippen LogP contribution < -0.4 is 0 Å². The van der Waals surface area contributed by atoms with Gasteiger partial charge in [-0.1, -0.05) is 24.3 Å². The Kier molecular flexibility index (Phi) is 4.37. The van der Waals surface area contributed by atoms with Crippen molar-refractivity contribution in [2.24, 2.45) is 0 Å². The molecule has 1 aliphatic heterocycles. The quantitative estimate of drug-likeness (QED) is 0.667. The first-order chi connectivity index (χ1) is 9.41. The highest BCUT2D eigenvalue weighted by atomic mass is 32.1. The summed E-state index contributed by atoms with van der Waals surface area (Å²) in [7, 11) is 0. The Morgan fingerprint density at radius 2 is 2.05 bits per heavy atom. The van der Waals surface area contributed by atoms with Gasteiger partial charge in [-0.3, -0.25) is 0 Å². The highest BCUT2D eigenvalue weighted by Crippen LogP contribution is 2.24. The summed E-state index contributed by atoms with van der Waals surface area (Å²) < 4.78 is 22.0. The van der Waals surface area contributed by atoms with Gasteiger partial charge in [0.25, 0.3) is 0 Å². The van der Waals surface area contributed by atoms with E-state index in [9.17, 15) is 9.00 Å². The predicted molar refractivity (Wildman–Crippen MR) is 74.9 cm³/mol. The molecule has 1 aliphatic rings. The first-order valence-corrected chi connectivity index (χ1v) is 6.96. The molecule has 0 radical (unpaired) electrons. The molecule has 1 aromatic rings. The van der Waals surface area contributed by atoms with Crippen LogP contribution in [0.5, 0.6) is 0 Å². The van der Waals surface area contributed by atoms with Crippen LogP contribution in [0.4, 0.5) is 0 Å². The summed E-state index contributed by atoms with van der Waals surface area (Å²) in [4.78, 5) is 10.7. The topological polar surface area (TPSA) is 72.8 Å². The summed E-state index contributed by atoms with van der Waals surface area (Å²) in [6, 6.07) is 6.90. The molecule has 1 heterocycles. The third-order valence-electron chi connectivity index (χ3n) is 3.02. The highest BCUT2D eigenvalue weighted by molar-refractivity contribution is 7.69. The van der Waals surface area contributed by atoms with Gasteiger partial charge >= 0.3 is 5.97 Å². The fourth-order valence-corrected chi connectivity index (χ4v) is 2.43. The number of ether oxygens (including phenoxy) is 2. The van der Waals surface area contributed by atoms with Crippen LogP contribution in [0.3, 0.4) is 0 Å². The third kappa shape index (κ3) is 3.53. The number of carboxylic acids is 1. The van der Waals surface area contributed by atoms with E-state index in [-0.39, 0.29) is 22.2 Å². The number of hydrogen-bond acceptors (Lipinski definition) is 4. The minimum absolute atomic E-state index is 0.00680. The second kappa shape index (κ2) is 5.87. The average molecular weight is 296 g/mol. The van der Waals surface area contributed by atoms with Crippen molar-refractivity contribution < 1.29 is 23.6 Å². The Morgan fingerprint density at radius 3 is 2.50 bits per heavy atom. The van der Waals surface area contributed by atoms with E-state index in [0.29, 0.717) is 18.6 Å². The fraction of sp³-hybridized carbons (Fsp3) is 0.429. The van der Waals surface area contributed by atoms with Crippen molar-refractivity contribution in [3.8, 4) is 0 Å². The molecule has 108 valence electrons. The van der Waals surface area contributed by atoms with Crippen LogP contribution in [-0.2, 0) is 31.9 Å². The summed E-state index contributed by atoms with van der Waals surface area (Å²) in [6.45, 7) is 4.28. The van der Waals surface area contributed by atoms with E-state index in [4.69, 9.17) is 14.6 Å². The minimum Gasteiger partial charge on any atom is -0.477 e. The van der Waals surface area contributed by atoms with Crippen molar-refractivity contribution in [2.45, 2.75) is 32.2 Å². The number of carboxylic acid groups (broad SMARTS) is 1. The van der Waals surface area contributed by atoms with Crippen LogP contribution in [0.1, 0.15) is 25.0 Å². The Labute approximate surface area is 120 Å². The van der Waals surface area contributed by atoms with Gasteiger partial charge < -0.3 is 14.6 Å². The number of carbonyl (C=O) groups is 1. The molecule has 5 nitrogen and oxygen atoms in total. The number of rotatable bonds is 4. The van der Waals surface area contributed by atoms with Gasteiger partial charge in [-0.2, -0.15) is 0 Å². The van der Waals surface area contributed by atoms with Crippen LogP contribution in [0.25, 0.3) is 0 Å². The molecule has 1 atom stereocenters. The van der Waals surface area contributed by atoms with Crippen LogP contribution in [-0.4, -0.2) is 38.6 Å². The van der Waals surface area contributed by atoms with Crippen molar-refractivity contribution in [1.82, 2.24) is 0 Å². The molecule has 0 unspecified atom stereocenters. The number of hydrogen-bond donors (Lipinski definition) is 1. The molecular weight excluding hydrogens is 280 g/mol. The molecule has 6 heteroatoms. The molecule has 0 aliphatic carbocycles. The van der Waals surface area contributed by atoms with Gasteiger partial charge in [0.2, 0.25) is 0 Å². The van der Waals surface area contributed by atoms with Gasteiger partial charge in [0, 0.05) is 12.0 Å². The summed E-state index contributed by atoms with van der Waals surface area (Å²) >= 11 is -0.00793. The molecule has 0 bridgehead atoms. The molecule has 20 heavy (non-hydrogen) atoms. The van der Waals surface area contributed by atoms with E-state index >= 15 is 0 Å². The maximum absolute atomic E-state index is 10.9. The van der Waals surface area contributed by atoms with Gasteiger partial charge in [-0.15, -0.1) is 0 Å². The Balaban J connectivity index is 2.06. The third-order valence-corrected chi connectivity index (χ3v) is 3.60. The zero-order valence-corrected chi connectivity index (χ0v) is 12.1. The van der Waals surface area contributed by atoms with Crippen LogP contribution in [0, 0.1) is 0 Å². The molecule has 0 spiro atoms. The number of benzene rings is 1.